The number of hydrogen-bond donors (Lipinski definition) is 4. The molecule has 3 atom stereocenters. The van der Waals surface area contributed by atoms with Crippen LogP contribution in [0, 0.1) is 0 Å². The van der Waals surface area contributed by atoms with Crippen LogP contribution < -0.4 is 5.32 Å². The second-order valence-corrected chi connectivity index (χ2v) is 15.2. The standard InChI is InChI=1S/C46H87NO4/c1-3-5-7-9-11-13-15-17-19-21-22-23-24-25-27-28-30-32-34-36-38-40-44(49)43(42-48)47-46(51)45(50)41-39-37-35-33-31-29-26-20-18-16-14-12-10-8-6-4-2/h24-25,30,32,38,40,43-45,48-50H,3-23,26-29,31,33-37,39,41-42H2,1-2H3,(H,47,51)/b25-24+,32-30+,40-38+. The van der Waals surface area contributed by atoms with E-state index in [0.717, 1.165) is 44.9 Å². The van der Waals surface area contributed by atoms with Gasteiger partial charge in [0.15, 0.2) is 0 Å². The number of carbonyl (C=O) groups excluding carboxylic acids is 1. The van der Waals surface area contributed by atoms with Gasteiger partial charge in [-0.3, -0.25) is 4.79 Å². The summed E-state index contributed by atoms with van der Waals surface area (Å²) in [5.74, 6) is -0.516. The number of unbranched alkanes of at least 4 members (excludes halogenated alkanes) is 28. The summed E-state index contributed by atoms with van der Waals surface area (Å²) in [6.45, 7) is 4.17. The van der Waals surface area contributed by atoms with Gasteiger partial charge in [0.05, 0.1) is 18.8 Å². The number of allylic oxidation sites excluding steroid dienone is 5. The molecule has 0 aliphatic rings. The Morgan fingerprint density at radius 3 is 1.20 bits per heavy atom. The van der Waals surface area contributed by atoms with Gasteiger partial charge in [0, 0.05) is 0 Å². The highest BCUT2D eigenvalue weighted by Crippen LogP contribution is 2.15. The predicted molar refractivity (Wildman–Crippen MR) is 222 cm³/mol. The predicted octanol–water partition coefficient (Wildman–Crippen LogP) is 12.8. The van der Waals surface area contributed by atoms with Gasteiger partial charge in [0.2, 0.25) is 5.91 Å². The van der Waals surface area contributed by atoms with Gasteiger partial charge >= 0.3 is 0 Å². The van der Waals surface area contributed by atoms with Crippen molar-refractivity contribution < 1.29 is 20.1 Å². The van der Waals surface area contributed by atoms with E-state index in [1.807, 2.05) is 6.08 Å². The number of aliphatic hydroxyl groups excluding tert-OH is 3. The molecule has 51 heavy (non-hydrogen) atoms. The first-order valence-electron chi connectivity index (χ1n) is 22.3. The first-order valence-corrected chi connectivity index (χ1v) is 22.3. The zero-order valence-electron chi connectivity index (χ0n) is 34.0. The molecule has 0 aliphatic heterocycles. The molecule has 0 fully saturated rings. The Bertz CT molecular complexity index is 794. The molecule has 3 unspecified atom stereocenters. The minimum atomic E-state index is -1.11. The molecule has 300 valence electrons. The summed E-state index contributed by atoms with van der Waals surface area (Å²) in [6.07, 6.45) is 51.8. The topological polar surface area (TPSA) is 89.8 Å². The van der Waals surface area contributed by atoms with Crippen molar-refractivity contribution in [1.82, 2.24) is 5.32 Å². The molecule has 0 spiro atoms. The molecule has 0 aromatic carbocycles. The molecule has 4 N–H and O–H groups in total. The lowest BCUT2D eigenvalue weighted by Crippen LogP contribution is -2.48. The highest BCUT2D eigenvalue weighted by atomic mass is 16.3. The monoisotopic (exact) mass is 718 g/mol. The Labute approximate surface area is 317 Å². The van der Waals surface area contributed by atoms with Crippen molar-refractivity contribution in [1.29, 1.82) is 0 Å². The summed E-state index contributed by atoms with van der Waals surface area (Å²) >= 11 is 0. The van der Waals surface area contributed by atoms with Crippen LogP contribution in [-0.4, -0.2) is 46.1 Å². The van der Waals surface area contributed by atoms with E-state index in [9.17, 15) is 20.1 Å². The molecule has 0 saturated heterocycles. The van der Waals surface area contributed by atoms with Crippen molar-refractivity contribution in [2.75, 3.05) is 6.61 Å². The van der Waals surface area contributed by atoms with Crippen LogP contribution in [0.3, 0.4) is 0 Å². The van der Waals surface area contributed by atoms with E-state index >= 15 is 0 Å². The molecule has 5 heteroatoms. The quantitative estimate of drug-likeness (QED) is 0.0375. The molecular weight excluding hydrogens is 631 g/mol. The zero-order chi connectivity index (χ0) is 37.3. The van der Waals surface area contributed by atoms with E-state index in [1.54, 1.807) is 6.08 Å². The molecule has 0 aliphatic carbocycles. The van der Waals surface area contributed by atoms with Gasteiger partial charge in [-0.15, -0.1) is 0 Å². The van der Waals surface area contributed by atoms with Crippen molar-refractivity contribution in [2.45, 2.75) is 244 Å². The molecule has 5 nitrogen and oxygen atoms in total. The van der Waals surface area contributed by atoms with Crippen LogP contribution in [0.2, 0.25) is 0 Å². The van der Waals surface area contributed by atoms with Crippen LogP contribution >= 0.6 is 0 Å². The summed E-state index contributed by atoms with van der Waals surface area (Å²) in [7, 11) is 0. The zero-order valence-corrected chi connectivity index (χ0v) is 34.0. The third-order valence-corrected chi connectivity index (χ3v) is 10.2. The van der Waals surface area contributed by atoms with E-state index in [1.165, 1.54) is 161 Å². The van der Waals surface area contributed by atoms with Crippen molar-refractivity contribution >= 4 is 5.91 Å². The maximum absolute atomic E-state index is 12.5. The molecule has 0 heterocycles. The fourth-order valence-corrected chi connectivity index (χ4v) is 6.69. The smallest absolute Gasteiger partial charge is 0.249 e. The fraction of sp³-hybridized carbons (Fsp3) is 0.848. The lowest BCUT2D eigenvalue weighted by atomic mass is 10.0. The largest absolute Gasteiger partial charge is 0.394 e. The normalized spacial score (nSPS) is 13.9. The number of rotatable bonds is 40. The van der Waals surface area contributed by atoms with Crippen LogP contribution in [0.4, 0.5) is 0 Å². The average molecular weight is 718 g/mol. The third kappa shape index (κ3) is 36.7. The Balaban J connectivity index is 3.74. The molecule has 0 radical (unpaired) electrons. The van der Waals surface area contributed by atoms with Crippen molar-refractivity contribution in [3.8, 4) is 0 Å². The number of aliphatic hydroxyl groups is 3. The van der Waals surface area contributed by atoms with Gasteiger partial charge in [-0.1, -0.05) is 217 Å². The average Bonchev–Trinajstić information content (AvgIpc) is 3.13. The van der Waals surface area contributed by atoms with Gasteiger partial charge in [0.1, 0.15) is 6.10 Å². The number of nitrogens with one attached hydrogen (secondary N) is 1. The highest BCUT2D eigenvalue weighted by Gasteiger charge is 2.22. The van der Waals surface area contributed by atoms with Gasteiger partial charge in [-0.05, 0) is 44.9 Å². The molecule has 0 aromatic rings. The third-order valence-electron chi connectivity index (χ3n) is 10.2. The molecule has 0 bridgehead atoms. The van der Waals surface area contributed by atoms with Crippen molar-refractivity contribution in [3.63, 3.8) is 0 Å². The molecular formula is C46H87NO4. The van der Waals surface area contributed by atoms with Crippen LogP contribution in [0.15, 0.2) is 36.5 Å². The minimum absolute atomic E-state index is 0.379. The Morgan fingerprint density at radius 1 is 0.471 bits per heavy atom. The molecule has 0 rings (SSSR count). The Kier molecular flexibility index (Phi) is 40.2. The lowest BCUT2D eigenvalue weighted by molar-refractivity contribution is -0.131. The summed E-state index contributed by atoms with van der Waals surface area (Å²) in [4.78, 5) is 12.5. The molecule has 0 saturated carbocycles. The second-order valence-electron chi connectivity index (χ2n) is 15.2. The van der Waals surface area contributed by atoms with E-state index < -0.39 is 24.2 Å². The fourth-order valence-electron chi connectivity index (χ4n) is 6.69. The van der Waals surface area contributed by atoms with Crippen LogP contribution in [0.25, 0.3) is 0 Å². The van der Waals surface area contributed by atoms with Gasteiger partial charge in [0.25, 0.3) is 0 Å². The Hall–Kier alpha value is -1.43. The second kappa shape index (κ2) is 41.3. The lowest BCUT2D eigenvalue weighted by Gasteiger charge is -2.21. The van der Waals surface area contributed by atoms with Gasteiger partial charge in [-0.25, -0.2) is 0 Å². The summed E-state index contributed by atoms with van der Waals surface area (Å²) in [5, 5.41) is 33.1. The maximum Gasteiger partial charge on any atom is 0.249 e. The summed E-state index contributed by atoms with van der Waals surface area (Å²) < 4.78 is 0. The van der Waals surface area contributed by atoms with Gasteiger partial charge < -0.3 is 20.6 Å². The van der Waals surface area contributed by atoms with E-state index in [4.69, 9.17) is 0 Å². The van der Waals surface area contributed by atoms with Crippen LogP contribution in [0.1, 0.15) is 226 Å². The van der Waals surface area contributed by atoms with Crippen LogP contribution in [0.5, 0.6) is 0 Å². The number of hydrogen-bond acceptors (Lipinski definition) is 4. The van der Waals surface area contributed by atoms with Crippen molar-refractivity contribution in [2.24, 2.45) is 0 Å². The first kappa shape index (κ1) is 49.6. The van der Waals surface area contributed by atoms with E-state index in [0.29, 0.717) is 6.42 Å². The van der Waals surface area contributed by atoms with E-state index in [-0.39, 0.29) is 6.61 Å². The number of carbonyl (C=O) groups is 1. The van der Waals surface area contributed by atoms with Gasteiger partial charge in [-0.2, -0.15) is 0 Å². The maximum atomic E-state index is 12.5. The van der Waals surface area contributed by atoms with Crippen LogP contribution in [-0.2, 0) is 4.79 Å². The highest BCUT2D eigenvalue weighted by molar-refractivity contribution is 5.80. The number of amides is 1. The van der Waals surface area contributed by atoms with Crippen molar-refractivity contribution in [3.05, 3.63) is 36.5 Å². The molecule has 0 aromatic heterocycles. The molecule has 1 amide bonds. The summed E-state index contributed by atoms with van der Waals surface area (Å²) in [5.41, 5.74) is 0. The summed E-state index contributed by atoms with van der Waals surface area (Å²) in [6, 6.07) is -0.818. The van der Waals surface area contributed by atoms with E-state index in [2.05, 4.69) is 43.5 Å². The Morgan fingerprint density at radius 2 is 0.804 bits per heavy atom. The first-order chi connectivity index (χ1) is 25.1. The minimum Gasteiger partial charge on any atom is -0.394 e. The SMILES string of the molecule is CCCCCCCCCCCCC/C=C/CC/C=C/CC/C=C/C(O)C(CO)NC(=O)C(O)CCCCCCCCCCCCCCCCCC.